The molecule has 3 rings (SSSR count). The van der Waals surface area contributed by atoms with E-state index in [4.69, 9.17) is 16.3 Å². The highest BCUT2D eigenvalue weighted by atomic mass is 35.5. The van der Waals surface area contributed by atoms with E-state index in [1.165, 1.54) is 17.1 Å². The van der Waals surface area contributed by atoms with Gasteiger partial charge in [-0.25, -0.2) is 4.79 Å². The first-order valence-corrected chi connectivity index (χ1v) is 8.07. The number of aromatic carboxylic acids is 1. The molecule has 7 heteroatoms. The number of methoxy groups -OCH3 is 1. The molecule has 0 bridgehead atoms. The van der Waals surface area contributed by atoms with Gasteiger partial charge in [0.15, 0.2) is 0 Å². The van der Waals surface area contributed by atoms with E-state index in [0.29, 0.717) is 17.0 Å². The van der Waals surface area contributed by atoms with Crippen molar-refractivity contribution in [3.05, 3.63) is 64.2 Å². The summed E-state index contributed by atoms with van der Waals surface area (Å²) in [5.74, 6) is -0.783. The van der Waals surface area contributed by atoms with Gasteiger partial charge >= 0.3 is 5.97 Å². The van der Waals surface area contributed by atoms with Crippen molar-refractivity contribution in [2.45, 2.75) is 6.92 Å². The fourth-order valence-corrected chi connectivity index (χ4v) is 2.73. The molecule has 0 spiro atoms. The summed E-state index contributed by atoms with van der Waals surface area (Å²) in [7, 11) is 1.58. The van der Waals surface area contributed by atoms with Crippen LogP contribution in [-0.4, -0.2) is 29.8 Å². The molecule has 0 saturated heterocycles. The quantitative estimate of drug-likeness (QED) is 0.829. The average Bonchev–Trinajstić information content (AvgIpc) is 2.91. The second-order valence-electron chi connectivity index (χ2n) is 5.60. The second kappa shape index (κ2) is 7.01. The maximum Gasteiger partial charge on any atom is 0.337 e. The zero-order valence-corrected chi connectivity index (χ0v) is 14.8. The number of hydrogen-bond acceptors (Lipinski definition) is 4. The van der Waals surface area contributed by atoms with Gasteiger partial charge in [-0.05, 0) is 48.9 Å². The lowest BCUT2D eigenvalue weighted by Gasteiger charge is -2.13. The first-order valence-electron chi connectivity index (χ1n) is 7.69. The van der Waals surface area contributed by atoms with Crippen LogP contribution < -0.4 is 9.75 Å². The van der Waals surface area contributed by atoms with Gasteiger partial charge in [0.25, 0.3) is 5.91 Å². The third kappa shape index (κ3) is 3.32. The highest BCUT2D eigenvalue weighted by Crippen LogP contribution is 2.28. The third-order valence-electron chi connectivity index (χ3n) is 3.91. The number of hydrazone groups is 1. The van der Waals surface area contributed by atoms with Crippen LogP contribution in [0.2, 0.25) is 5.02 Å². The number of carbonyl (C=O) groups excluding carboxylic acids is 1. The predicted molar refractivity (Wildman–Crippen MR) is 100.0 cm³/mol. The Hall–Kier alpha value is -3.12. The number of halogens is 1. The SMILES string of the molecule is COc1ccc(C=C2C(=O)N(c3ccc(Cl)c(C(=O)O)c3)N=C2C)cc1. The van der Waals surface area contributed by atoms with Crippen molar-refractivity contribution >= 4 is 41.0 Å². The molecule has 0 saturated carbocycles. The van der Waals surface area contributed by atoms with Crippen LogP contribution in [0.4, 0.5) is 5.69 Å². The summed E-state index contributed by atoms with van der Waals surface area (Å²) >= 11 is 5.88. The van der Waals surface area contributed by atoms with E-state index in [0.717, 1.165) is 11.3 Å². The van der Waals surface area contributed by atoms with Gasteiger partial charge in [-0.2, -0.15) is 10.1 Å². The summed E-state index contributed by atoms with van der Waals surface area (Å²) in [6.45, 7) is 1.72. The Morgan fingerprint density at radius 2 is 1.92 bits per heavy atom. The Morgan fingerprint density at radius 3 is 2.54 bits per heavy atom. The molecule has 0 radical (unpaired) electrons. The van der Waals surface area contributed by atoms with Crippen LogP contribution in [0.25, 0.3) is 6.08 Å². The van der Waals surface area contributed by atoms with Crippen LogP contribution in [0.5, 0.6) is 5.75 Å². The number of anilines is 1. The molecule has 0 aromatic heterocycles. The lowest BCUT2D eigenvalue weighted by Crippen LogP contribution is -2.21. The molecule has 1 amide bonds. The zero-order valence-electron chi connectivity index (χ0n) is 14.1. The van der Waals surface area contributed by atoms with E-state index >= 15 is 0 Å². The fourth-order valence-electron chi connectivity index (χ4n) is 2.53. The van der Waals surface area contributed by atoms with Crippen LogP contribution in [0.1, 0.15) is 22.8 Å². The van der Waals surface area contributed by atoms with E-state index in [2.05, 4.69) is 5.10 Å². The van der Waals surface area contributed by atoms with Crippen LogP contribution in [0.3, 0.4) is 0 Å². The van der Waals surface area contributed by atoms with E-state index in [-0.39, 0.29) is 16.5 Å². The Bertz CT molecular complexity index is 949. The van der Waals surface area contributed by atoms with E-state index in [9.17, 15) is 14.7 Å². The Labute approximate surface area is 155 Å². The summed E-state index contributed by atoms with van der Waals surface area (Å²) < 4.78 is 5.12. The molecule has 1 N–H and O–H groups in total. The molecule has 0 atom stereocenters. The van der Waals surface area contributed by atoms with Crippen molar-refractivity contribution in [1.82, 2.24) is 0 Å². The first-order chi connectivity index (χ1) is 12.4. The maximum atomic E-state index is 12.7. The summed E-state index contributed by atoms with van der Waals surface area (Å²) in [6, 6.07) is 11.6. The molecule has 0 aliphatic carbocycles. The van der Waals surface area contributed by atoms with Crippen molar-refractivity contribution < 1.29 is 19.4 Å². The van der Waals surface area contributed by atoms with Crippen molar-refractivity contribution in [3.63, 3.8) is 0 Å². The summed E-state index contributed by atoms with van der Waals surface area (Å²) in [5, 5.41) is 14.7. The van der Waals surface area contributed by atoms with Gasteiger partial charge in [0.05, 0.1) is 34.7 Å². The molecule has 0 fully saturated rings. The average molecular weight is 371 g/mol. The van der Waals surface area contributed by atoms with Gasteiger partial charge in [-0.3, -0.25) is 4.79 Å². The summed E-state index contributed by atoms with van der Waals surface area (Å²) in [5.41, 5.74) is 2.05. The van der Waals surface area contributed by atoms with Gasteiger partial charge in [0.2, 0.25) is 0 Å². The number of ether oxygens (including phenoxy) is 1. The molecule has 1 aliphatic rings. The molecule has 2 aromatic rings. The van der Waals surface area contributed by atoms with Crippen molar-refractivity contribution in [3.8, 4) is 5.75 Å². The second-order valence-corrected chi connectivity index (χ2v) is 6.01. The molecule has 1 heterocycles. The van der Waals surface area contributed by atoms with E-state index in [1.54, 1.807) is 38.3 Å². The smallest absolute Gasteiger partial charge is 0.337 e. The van der Waals surface area contributed by atoms with Crippen molar-refractivity contribution in [2.24, 2.45) is 5.10 Å². The number of hydrogen-bond donors (Lipinski definition) is 1. The lowest BCUT2D eigenvalue weighted by atomic mass is 10.1. The third-order valence-corrected chi connectivity index (χ3v) is 4.24. The maximum absolute atomic E-state index is 12.7. The Balaban J connectivity index is 1.94. The lowest BCUT2D eigenvalue weighted by molar-refractivity contribution is -0.114. The molecule has 6 nitrogen and oxygen atoms in total. The van der Waals surface area contributed by atoms with Crippen LogP contribution in [0, 0.1) is 0 Å². The predicted octanol–water partition coefficient (Wildman–Crippen LogP) is 3.85. The number of benzene rings is 2. The van der Waals surface area contributed by atoms with Crippen molar-refractivity contribution in [2.75, 3.05) is 12.1 Å². The van der Waals surface area contributed by atoms with Gasteiger partial charge in [0, 0.05) is 0 Å². The molecule has 132 valence electrons. The highest BCUT2D eigenvalue weighted by molar-refractivity contribution is 6.34. The minimum Gasteiger partial charge on any atom is -0.497 e. The van der Waals surface area contributed by atoms with Gasteiger partial charge < -0.3 is 9.84 Å². The normalized spacial score (nSPS) is 15.3. The summed E-state index contributed by atoms with van der Waals surface area (Å²) in [6.07, 6.45) is 1.73. The van der Waals surface area contributed by atoms with E-state index < -0.39 is 5.97 Å². The van der Waals surface area contributed by atoms with Crippen LogP contribution in [0.15, 0.2) is 53.1 Å². The number of carboxylic acids is 1. The Morgan fingerprint density at radius 1 is 1.23 bits per heavy atom. The minimum atomic E-state index is -1.17. The van der Waals surface area contributed by atoms with Gasteiger partial charge in [0.1, 0.15) is 5.75 Å². The van der Waals surface area contributed by atoms with Crippen molar-refractivity contribution in [1.29, 1.82) is 0 Å². The molecule has 0 unspecified atom stereocenters. The number of carboxylic acid groups (broad SMARTS) is 1. The topological polar surface area (TPSA) is 79.2 Å². The van der Waals surface area contributed by atoms with Gasteiger partial charge in [-0.1, -0.05) is 23.7 Å². The summed E-state index contributed by atoms with van der Waals surface area (Å²) in [4.78, 5) is 24.0. The molecular formula is C19H15ClN2O4. The minimum absolute atomic E-state index is 0.0857. The van der Waals surface area contributed by atoms with Crippen LogP contribution >= 0.6 is 11.6 Å². The number of rotatable bonds is 4. The monoisotopic (exact) mass is 370 g/mol. The molecular weight excluding hydrogens is 356 g/mol. The van der Waals surface area contributed by atoms with Gasteiger partial charge in [-0.15, -0.1) is 0 Å². The number of carbonyl (C=O) groups is 2. The zero-order chi connectivity index (χ0) is 18.8. The van der Waals surface area contributed by atoms with E-state index in [1.807, 2.05) is 12.1 Å². The number of amides is 1. The Kier molecular flexibility index (Phi) is 4.77. The first kappa shape index (κ1) is 17.7. The standard InChI is InChI=1S/C19H15ClN2O4/c1-11-15(9-12-3-6-14(26-2)7-4-12)18(23)22(21-11)13-5-8-17(20)16(10-13)19(24)25/h3-10H,1-2H3,(H,24,25). The number of nitrogens with zero attached hydrogens (tertiary/aromatic N) is 2. The largest absolute Gasteiger partial charge is 0.497 e. The molecule has 26 heavy (non-hydrogen) atoms. The highest BCUT2D eigenvalue weighted by Gasteiger charge is 2.29. The fraction of sp³-hybridized carbons (Fsp3) is 0.105. The molecule has 2 aromatic carbocycles. The van der Waals surface area contributed by atoms with Crippen LogP contribution in [-0.2, 0) is 4.79 Å². The molecule has 1 aliphatic heterocycles.